The molecule has 2 aliphatic rings. The predicted octanol–water partition coefficient (Wildman–Crippen LogP) is 2.27. The molecule has 0 aromatic heterocycles. The number of nitrogens with one attached hydrogen (secondary N) is 1. The first-order valence-corrected chi connectivity index (χ1v) is 9.68. The van der Waals surface area contributed by atoms with Gasteiger partial charge in [0.1, 0.15) is 0 Å². The number of carbonyl (C=O) groups excluding carboxylic acids is 3. The summed E-state index contributed by atoms with van der Waals surface area (Å²) in [6.45, 7) is 5.23. The molecule has 0 aliphatic carbocycles. The topological polar surface area (TPSA) is 79.0 Å². The Morgan fingerprint density at radius 1 is 1.22 bits per heavy atom. The molecule has 0 bridgehead atoms. The highest BCUT2D eigenvalue weighted by Gasteiger charge is 2.29. The number of anilines is 1. The molecule has 2 heterocycles. The number of benzene rings is 1. The smallest absolute Gasteiger partial charge is 0.409 e. The normalized spacial score (nSPS) is 20.4. The van der Waals surface area contributed by atoms with Gasteiger partial charge in [-0.05, 0) is 30.5 Å². The van der Waals surface area contributed by atoms with Crippen LogP contribution in [0.1, 0.15) is 44.1 Å². The molecule has 146 valence electrons. The summed E-state index contributed by atoms with van der Waals surface area (Å²) in [4.78, 5) is 39.5. The van der Waals surface area contributed by atoms with Crippen LogP contribution in [0.4, 0.5) is 10.5 Å². The lowest BCUT2D eigenvalue weighted by Crippen LogP contribution is -2.49. The van der Waals surface area contributed by atoms with E-state index in [1.807, 2.05) is 24.3 Å². The molecule has 0 saturated carbocycles. The molecule has 2 fully saturated rings. The molecule has 0 spiro atoms. The molecule has 2 aliphatic heterocycles. The second kappa shape index (κ2) is 8.88. The number of hydrogen-bond donors (Lipinski definition) is 1. The van der Waals surface area contributed by atoms with Gasteiger partial charge in [-0.25, -0.2) is 4.79 Å². The monoisotopic (exact) mass is 373 g/mol. The van der Waals surface area contributed by atoms with Crippen molar-refractivity contribution in [3.63, 3.8) is 0 Å². The number of ether oxygens (including phenoxy) is 1. The molecule has 7 nitrogen and oxygen atoms in total. The Hall–Kier alpha value is -2.57. The highest BCUT2D eigenvalue weighted by atomic mass is 16.6. The third-order valence-corrected chi connectivity index (χ3v) is 5.14. The Morgan fingerprint density at radius 3 is 2.70 bits per heavy atom. The third kappa shape index (κ3) is 4.78. The van der Waals surface area contributed by atoms with Crippen molar-refractivity contribution in [1.29, 1.82) is 0 Å². The molecular weight excluding hydrogens is 346 g/mol. The quantitative estimate of drug-likeness (QED) is 0.633. The molecule has 0 radical (unpaired) electrons. The van der Waals surface area contributed by atoms with Gasteiger partial charge < -0.3 is 14.5 Å². The third-order valence-electron chi connectivity index (χ3n) is 5.14. The number of imide groups is 1. The number of hydrogen-bond acceptors (Lipinski definition) is 5. The molecule has 1 aromatic rings. The van der Waals surface area contributed by atoms with Crippen LogP contribution >= 0.6 is 0 Å². The summed E-state index contributed by atoms with van der Waals surface area (Å²) in [5, 5.41) is 2.42. The van der Waals surface area contributed by atoms with Gasteiger partial charge in [0.25, 0.3) is 0 Å². The van der Waals surface area contributed by atoms with Gasteiger partial charge in [0, 0.05) is 38.3 Å². The van der Waals surface area contributed by atoms with Crippen molar-refractivity contribution >= 4 is 23.6 Å². The molecule has 2 saturated heterocycles. The van der Waals surface area contributed by atoms with Gasteiger partial charge in [-0.3, -0.25) is 14.9 Å². The lowest BCUT2D eigenvalue weighted by Gasteiger charge is -2.36. The van der Waals surface area contributed by atoms with E-state index in [0.29, 0.717) is 32.5 Å². The summed E-state index contributed by atoms with van der Waals surface area (Å²) in [5.74, 6) is -0.699. The first kappa shape index (κ1) is 19.2. The molecule has 7 heteroatoms. The van der Waals surface area contributed by atoms with Crippen molar-refractivity contribution in [2.75, 3.05) is 37.7 Å². The van der Waals surface area contributed by atoms with E-state index >= 15 is 0 Å². The minimum Gasteiger partial charge on any atom is -0.449 e. The van der Waals surface area contributed by atoms with Crippen LogP contribution in [0.2, 0.25) is 0 Å². The average molecular weight is 373 g/mol. The van der Waals surface area contributed by atoms with E-state index in [1.54, 1.807) is 4.90 Å². The number of amides is 3. The van der Waals surface area contributed by atoms with Crippen molar-refractivity contribution in [2.24, 2.45) is 0 Å². The highest BCUT2D eigenvalue weighted by molar-refractivity contribution is 6.01. The number of piperazine rings is 1. The van der Waals surface area contributed by atoms with E-state index in [9.17, 15) is 14.4 Å². The molecule has 1 unspecified atom stereocenters. The number of unbranched alkanes of at least 4 members (excludes halogenated alkanes) is 1. The Morgan fingerprint density at radius 2 is 2.00 bits per heavy atom. The summed E-state index contributed by atoms with van der Waals surface area (Å²) in [7, 11) is 0. The molecule has 27 heavy (non-hydrogen) atoms. The van der Waals surface area contributed by atoms with Crippen LogP contribution in [-0.2, 0) is 14.3 Å². The van der Waals surface area contributed by atoms with Gasteiger partial charge >= 0.3 is 6.09 Å². The number of nitrogens with zero attached hydrogens (tertiary/aromatic N) is 2. The molecule has 1 N–H and O–H groups in total. The van der Waals surface area contributed by atoms with Crippen LogP contribution in [0.3, 0.4) is 0 Å². The zero-order chi connectivity index (χ0) is 19.2. The van der Waals surface area contributed by atoms with Crippen LogP contribution in [0.5, 0.6) is 0 Å². The molecule has 3 amide bonds. The molecule has 1 atom stereocenters. The van der Waals surface area contributed by atoms with Crippen LogP contribution in [0, 0.1) is 0 Å². The lowest BCUT2D eigenvalue weighted by atomic mass is 9.90. The van der Waals surface area contributed by atoms with Gasteiger partial charge in [0.2, 0.25) is 11.8 Å². The van der Waals surface area contributed by atoms with Crippen molar-refractivity contribution < 1.29 is 19.1 Å². The predicted molar refractivity (Wildman–Crippen MR) is 102 cm³/mol. The number of rotatable bonds is 5. The lowest BCUT2D eigenvalue weighted by molar-refractivity contribution is -0.134. The maximum absolute atomic E-state index is 12.1. The second-order valence-corrected chi connectivity index (χ2v) is 7.04. The zero-order valence-corrected chi connectivity index (χ0v) is 15.8. The first-order chi connectivity index (χ1) is 13.1. The summed E-state index contributed by atoms with van der Waals surface area (Å²) in [6, 6.07) is 7.92. The standard InChI is InChI=1S/C20H27N3O4/c1-2-3-13-27-20(26)23-11-9-22(10-12-23)16-6-4-5-15(14-16)17-7-8-18(24)21-19(17)25/h4-6,14,17H,2-3,7-13H2,1H3,(H,21,24,25). The number of carbonyl (C=O) groups is 3. The van der Waals surface area contributed by atoms with Crippen molar-refractivity contribution in [2.45, 2.75) is 38.5 Å². The van der Waals surface area contributed by atoms with E-state index in [1.165, 1.54) is 0 Å². The molecule has 1 aromatic carbocycles. The Bertz CT molecular complexity index is 698. The zero-order valence-electron chi connectivity index (χ0n) is 15.8. The maximum Gasteiger partial charge on any atom is 0.409 e. The average Bonchev–Trinajstić information content (AvgIpc) is 2.68. The van der Waals surface area contributed by atoms with E-state index < -0.39 is 0 Å². The van der Waals surface area contributed by atoms with Gasteiger partial charge in [-0.1, -0.05) is 25.5 Å². The van der Waals surface area contributed by atoms with E-state index in [4.69, 9.17) is 4.74 Å². The van der Waals surface area contributed by atoms with Crippen LogP contribution < -0.4 is 10.2 Å². The fraction of sp³-hybridized carbons (Fsp3) is 0.550. The maximum atomic E-state index is 12.1. The van der Waals surface area contributed by atoms with Gasteiger partial charge in [-0.2, -0.15) is 0 Å². The van der Waals surface area contributed by atoms with Crippen LogP contribution in [0.25, 0.3) is 0 Å². The fourth-order valence-corrected chi connectivity index (χ4v) is 3.49. The number of piperidine rings is 1. The van der Waals surface area contributed by atoms with Crippen molar-refractivity contribution in [3.8, 4) is 0 Å². The first-order valence-electron chi connectivity index (χ1n) is 9.68. The highest BCUT2D eigenvalue weighted by Crippen LogP contribution is 2.28. The Labute approximate surface area is 159 Å². The molecular formula is C20H27N3O4. The van der Waals surface area contributed by atoms with Gasteiger partial charge in [0.05, 0.1) is 12.5 Å². The van der Waals surface area contributed by atoms with Crippen molar-refractivity contribution in [1.82, 2.24) is 10.2 Å². The summed E-state index contributed by atoms with van der Waals surface area (Å²) < 4.78 is 5.28. The SMILES string of the molecule is CCCCOC(=O)N1CCN(c2cccc(C3CCC(=O)NC3=O)c2)CC1. The fourth-order valence-electron chi connectivity index (χ4n) is 3.49. The minimum atomic E-state index is -0.280. The summed E-state index contributed by atoms with van der Waals surface area (Å²) in [6.07, 6.45) is 2.58. The van der Waals surface area contributed by atoms with E-state index in [2.05, 4.69) is 17.1 Å². The Balaban J connectivity index is 1.58. The minimum absolute atomic E-state index is 0.200. The molecule has 3 rings (SSSR count). The van der Waals surface area contributed by atoms with E-state index in [-0.39, 0.29) is 23.8 Å². The van der Waals surface area contributed by atoms with Crippen LogP contribution in [-0.4, -0.2) is 55.6 Å². The largest absolute Gasteiger partial charge is 0.449 e. The van der Waals surface area contributed by atoms with E-state index in [0.717, 1.165) is 37.2 Å². The summed E-state index contributed by atoms with van der Waals surface area (Å²) in [5.41, 5.74) is 1.97. The van der Waals surface area contributed by atoms with Gasteiger partial charge in [0.15, 0.2) is 0 Å². The summed E-state index contributed by atoms with van der Waals surface area (Å²) >= 11 is 0. The van der Waals surface area contributed by atoms with Gasteiger partial charge in [-0.15, -0.1) is 0 Å². The van der Waals surface area contributed by atoms with Crippen LogP contribution in [0.15, 0.2) is 24.3 Å². The Kier molecular flexibility index (Phi) is 6.32. The van der Waals surface area contributed by atoms with Crippen molar-refractivity contribution in [3.05, 3.63) is 29.8 Å². The second-order valence-electron chi connectivity index (χ2n) is 7.04.